The number of hydrogen-bond donors (Lipinski definition) is 0. The van der Waals surface area contributed by atoms with Gasteiger partial charge < -0.3 is 28.4 Å². The first kappa shape index (κ1) is 49.7. The van der Waals surface area contributed by atoms with Crippen LogP contribution in [-0.4, -0.2) is 64.3 Å². The van der Waals surface area contributed by atoms with Crippen LogP contribution in [0.1, 0.15) is 36.1 Å². The number of rotatable bonds is 11. The van der Waals surface area contributed by atoms with Crippen molar-refractivity contribution in [3.8, 4) is 11.5 Å². The van der Waals surface area contributed by atoms with Crippen molar-refractivity contribution in [3.63, 3.8) is 0 Å². The Hall–Kier alpha value is -7.31. The maximum Gasteiger partial charge on any atom is 0.330 e. The van der Waals surface area contributed by atoms with Gasteiger partial charge in [-0.2, -0.15) is 0 Å². The smallest absolute Gasteiger partial charge is 0.330 e. The summed E-state index contributed by atoms with van der Waals surface area (Å²) in [6.45, 7) is 2.66. The quantitative estimate of drug-likeness (QED) is 0.0467. The molecule has 0 spiro atoms. The maximum atomic E-state index is 10.9. The third-order valence-corrected chi connectivity index (χ3v) is 7.01. The average Bonchev–Trinajstić information content (AvgIpc) is 3.24. The van der Waals surface area contributed by atoms with Crippen molar-refractivity contribution >= 4 is 71.7 Å². The van der Waals surface area contributed by atoms with Crippen LogP contribution < -0.4 is 9.47 Å². The predicted octanol–water partition coefficient (Wildman–Crippen LogP) is 8.55. The number of halogens is 1. The Kier molecular flexibility index (Phi) is 25.2. The van der Waals surface area contributed by atoms with Gasteiger partial charge >= 0.3 is 35.8 Å². The Morgan fingerprint density at radius 2 is 0.881 bits per heavy atom. The van der Waals surface area contributed by atoms with Gasteiger partial charge in [-0.3, -0.25) is 9.59 Å². The molecule has 59 heavy (non-hydrogen) atoms. The van der Waals surface area contributed by atoms with Crippen molar-refractivity contribution in [1.29, 1.82) is 0 Å². The summed E-state index contributed by atoms with van der Waals surface area (Å²) in [6, 6.07) is 30.8. The zero-order valence-electron chi connectivity index (χ0n) is 33.4. The first-order valence-electron chi connectivity index (χ1n) is 17.4. The van der Waals surface area contributed by atoms with Crippen LogP contribution >= 0.6 is 11.6 Å². The number of esters is 6. The second-order valence-corrected chi connectivity index (χ2v) is 11.4. The lowest BCUT2D eigenvalue weighted by Gasteiger charge is -2.04. The summed E-state index contributed by atoms with van der Waals surface area (Å²) in [4.78, 5) is 64.6. The Morgan fingerprint density at radius 1 is 0.441 bits per heavy atom. The molecule has 4 rings (SSSR count). The van der Waals surface area contributed by atoms with E-state index in [1.807, 2.05) is 54.6 Å². The van der Waals surface area contributed by atoms with E-state index in [-0.39, 0.29) is 17.9 Å². The second-order valence-electron chi connectivity index (χ2n) is 11.0. The molecule has 0 aliphatic rings. The minimum absolute atomic E-state index is 0.345. The van der Waals surface area contributed by atoms with Gasteiger partial charge in [0, 0.05) is 48.7 Å². The predicted molar refractivity (Wildman–Crippen MR) is 227 cm³/mol. The molecule has 4 aromatic carbocycles. The van der Waals surface area contributed by atoms with Crippen LogP contribution in [0, 0.1) is 0 Å². The summed E-state index contributed by atoms with van der Waals surface area (Å²) in [5, 5.41) is 0.614. The number of methoxy groups -OCH3 is 4. The molecule has 0 radical (unpaired) electrons. The van der Waals surface area contributed by atoms with E-state index in [0.29, 0.717) is 22.1 Å². The van der Waals surface area contributed by atoms with E-state index in [4.69, 9.17) is 21.1 Å². The highest BCUT2D eigenvalue weighted by Gasteiger charge is 2.03. The monoisotopic (exact) mass is 824 g/mol. The molecule has 0 unspecified atom stereocenters. The number of carbonyl (C=O) groups excluding carboxylic acids is 6. The van der Waals surface area contributed by atoms with Crippen molar-refractivity contribution < 1.29 is 57.2 Å². The Labute approximate surface area is 348 Å². The zero-order chi connectivity index (χ0) is 43.8. The van der Waals surface area contributed by atoms with Gasteiger partial charge in [-0.25, -0.2) is 19.2 Å². The van der Waals surface area contributed by atoms with Gasteiger partial charge in [-0.1, -0.05) is 109 Å². The molecule has 0 N–H and O–H groups in total. The highest BCUT2D eigenvalue weighted by Crippen LogP contribution is 2.20. The Bertz CT molecular complexity index is 2100. The highest BCUT2D eigenvalue weighted by molar-refractivity contribution is 6.32. The van der Waals surface area contributed by atoms with Crippen LogP contribution in [0.5, 0.6) is 11.5 Å². The van der Waals surface area contributed by atoms with Gasteiger partial charge in [0.25, 0.3) is 0 Å². The second kappa shape index (κ2) is 29.9. The molecule has 0 heterocycles. The Morgan fingerprint density at radius 3 is 1.41 bits per heavy atom. The standard InChI is InChI=1S/2C12H12O4.C12H12O2.C10H9ClO2/c1-9(13)16-11-6-3-10(4-7-11)5-8-12(14)15-2;1-9(13)16-11-6-4-3-5-10(11)7-8-12(14)15-2;1-14-12(13)10-6-5-9-11-7-3-2-4-8-11;1-13-10(12)7-6-8-4-2-3-5-9(8)11/h2*3-8H,1-2H3;2-10H,1H3;2-7H,1H3/b8-5+;8-7+;9-5+,10-6+;7-6+. The fourth-order valence-corrected chi connectivity index (χ4v) is 4.10. The minimum atomic E-state index is -0.461. The van der Waals surface area contributed by atoms with Crippen molar-refractivity contribution in [2.75, 3.05) is 28.4 Å². The molecular weight excluding hydrogens is 780 g/mol. The van der Waals surface area contributed by atoms with Crippen LogP contribution in [0.2, 0.25) is 5.02 Å². The zero-order valence-corrected chi connectivity index (χ0v) is 34.1. The molecule has 0 aromatic heterocycles. The Balaban J connectivity index is 0.000000395. The molecule has 12 nitrogen and oxygen atoms in total. The van der Waals surface area contributed by atoms with Gasteiger partial charge in [0.1, 0.15) is 11.5 Å². The lowest BCUT2D eigenvalue weighted by molar-refractivity contribution is -0.135. The normalized spacial score (nSPS) is 10.4. The van der Waals surface area contributed by atoms with Gasteiger partial charge in [0.2, 0.25) is 0 Å². The van der Waals surface area contributed by atoms with Crippen molar-refractivity contribution in [2.45, 2.75) is 13.8 Å². The van der Waals surface area contributed by atoms with E-state index in [1.165, 1.54) is 72.7 Å². The third-order valence-electron chi connectivity index (χ3n) is 6.67. The maximum absolute atomic E-state index is 10.9. The highest BCUT2D eigenvalue weighted by atomic mass is 35.5. The largest absolute Gasteiger partial charge is 0.466 e. The molecule has 13 heteroatoms. The molecule has 4 aromatic rings. The summed E-state index contributed by atoms with van der Waals surface area (Å²) >= 11 is 5.85. The molecule has 308 valence electrons. The molecule has 0 saturated heterocycles. The third kappa shape index (κ3) is 24.0. The molecule has 0 aliphatic carbocycles. The van der Waals surface area contributed by atoms with E-state index in [9.17, 15) is 28.8 Å². The fraction of sp³-hybridized carbons (Fsp3) is 0.130. The molecule has 0 amide bonds. The molecule has 0 atom stereocenters. The van der Waals surface area contributed by atoms with Crippen LogP contribution in [0.4, 0.5) is 0 Å². The number of carbonyl (C=O) groups is 6. The van der Waals surface area contributed by atoms with E-state index < -0.39 is 17.9 Å². The van der Waals surface area contributed by atoms with Gasteiger partial charge in [0.05, 0.1) is 28.4 Å². The van der Waals surface area contributed by atoms with Crippen LogP contribution in [0.25, 0.3) is 24.3 Å². The lowest BCUT2D eigenvalue weighted by Crippen LogP contribution is -2.02. The van der Waals surface area contributed by atoms with Gasteiger partial charge in [-0.05, 0) is 59.2 Å². The van der Waals surface area contributed by atoms with Crippen LogP contribution in [0.15, 0.2) is 140 Å². The van der Waals surface area contributed by atoms with Crippen molar-refractivity contribution in [2.24, 2.45) is 0 Å². The number of para-hydroxylation sites is 1. The summed E-state index contributed by atoms with van der Waals surface area (Å²) in [7, 11) is 5.30. The topological polar surface area (TPSA) is 158 Å². The minimum Gasteiger partial charge on any atom is -0.466 e. The van der Waals surface area contributed by atoms with E-state index in [2.05, 4.69) is 18.9 Å². The van der Waals surface area contributed by atoms with Crippen LogP contribution in [0.3, 0.4) is 0 Å². The van der Waals surface area contributed by atoms with E-state index in [0.717, 1.165) is 16.7 Å². The lowest BCUT2D eigenvalue weighted by atomic mass is 10.2. The molecule has 0 fully saturated rings. The van der Waals surface area contributed by atoms with Gasteiger partial charge in [0.15, 0.2) is 0 Å². The molecule has 0 bridgehead atoms. The van der Waals surface area contributed by atoms with Crippen LogP contribution in [-0.2, 0) is 47.7 Å². The first-order chi connectivity index (χ1) is 28.3. The summed E-state index contributed by atoms with van der Waals surface area (Å²) in [5.74, 6) is -1.49. The van der Waals surface area contributed by atoms with E-state index in [1.54, 1.807) is 78.9 Å². The van der Waals surface area contributed by atoms with Gasteiger partial charge in [-0.15, -0.1) is 0 Å². The SMILES string of the molecule is COC(=O)/C=C/C=C/c1ccccc1.COC(=O)/C=C/c1ccc(OC(C)=O)cc1.COC(=O)/C=C/c1ccccc1Cl.COC(=O)/C=C/c1ccccc1OC(C)=O. The van der Waals surface area contributed by atoms with Crippen molar-refractivity contribution in [1.82, 2.24) is 0 Å². The average molecular weight is 825 g/mol. The first-order valence-corrected chi connectivity index (χ1v) is 17.8. The number of allylic oxidation sites excluding steroid dienone is 2. The summed E-state index contributed by atoms with van der Waals surface area (Å²) in [6.07, 6.45) is 15.4. The van der Waals surface area contributed by atoms with Crippen molar-refractivity contribution in [3.05, 3.63) is 167 Å². The number of benzene rings is 4. The van der Waals surface area contributed by atoms with E-state index >= 15 is 0 Å². The molecule has 0 saturated carbocycles. The molecular formula is C46H45ClO12. The number of hydrogen-bond acceptors (Lipinski definition) is 12. The fourth-order valence-electron chi connectivity index (χ4n) is 3.91. The number of ether oxygens (including phenoxy) is 6. The summed E-state index contributed by atoms with van der Waals surface area (Å²) in [5.41, 5.74) is 3.36. The molecule has 0 aliphatic heterocycles. The summed E-state index contributed by atoms with van der Waals surface area (Å²) < 4.78 is 27.6.